The van der Waals surface area contributed by atoms with E-state index in [0.29, 0.717) is 16.5 Å². The summed E-state index contributed by atoms with van der Waals surface area (Å²) < 4.78 is 2.06. The number of aromatic nitrogens is 2. The highest BCUT2D eigenvalue weighted by Gasteiger charge is 2.31. The van der Waals surface area contributed by atoms with Crippen molar-refractivity contribution in [1.82, 2.24) is 9.55 Å². The summed E-state index contributed by atoms with van der Waals surface area (Å²) in [5, 5.41) is 13.6. The van der Waals surface area contributed by atoms with Crippen molar-refractivity contribution in [1.29, 1.82) is 5.26 Å². The van der Waals surface area contributed by atoms with Crippen molar-refractivity contribution < 1.29 is 0 Å². The number of rotatable bonds is 6. The summed E-state index contributed by atoms with van der Waals surface area (Å²) in [6.07, 6.45) is 8.97. The van der Waals surface area contributed by atoms with Gasteiger partial charge in [0.25, 0.3) is 0 Å². The number of nitrogens with two attached hydrogens (primary N) is 1. The molecule has 3 rings (SSSR count). The Morgan fingerprint density at radius 2 is 2.40 bits per heavy atom. The first-order valence-electron chi connectivity index (χ1n) is 6.81. The fourth-order valence-corrected chi connectivity index (χ4v) is 3.36. The highest BCUT2D eigenvalue weighted by atomic mass is 32.1. The van der Waals surface area contributed by atoms with Crippen LogP contribution in [-0.2, 0) is 6.54 Å². The van der Waals surface area contributed by atoms with Gasteiger partial charge in [-0.25, -0.2) is 4.98 Å². The standard InChI is InChI=1S/C14H17N5S/c15-8-11-13(16)12(10-2-3-10)14(20-11)18-4-1-6-19-7-5-17-9-19/h5,7,9-10,18H,1-4,6,16H2. The van der Waals surface area contributed by atoms with Gasteiger partial charge in [0, 0.05) is 31.0 Å². The largest absolute Gasteiger partial charge is 0.397 e. The number of nitrogens with zero attached hydrogens (tertiary/aromatic N) is 3. The van der Waals surface area contributed by atoms with Gasteiger partial charge in [-0.15, -0.1) is 11.3 Å². The molecule has 2 heterocycles. The molecule has 0 aromatic carbocycles. The normalized spacial score (nSPS) is 14.2. The molecule has 1 aliphatic rings. The predicted octanol–water partition coefficient (Wildman–Crippen LogP) is 2.78. The molecule has 0 bridgehead atoms. The minimum atomic E-state index is 0.560. The average molecular weight is 287 g/mol. The van der Waals surface area contributed by atoms with Crippen LogP contribution < -0.4 is 11.1 Å². The van der Waals surface area contributed by atoms with E-state index in [2.05, 4.69) is 20.9 Å². The van der Waals surface area contributed by atoms with Crippen LogP contribution in [0.3, 0.4) is 0 Å². The molecule has 1 fully saturated rings. The lowest BCUT2D eigenvalue weighted by Crippen LogP contribution is -2.06. The summed E-state index contributed by atoms with van der Waals surface area (Å²) in [7, 11) is 0. The smallest absolute Gasteiger partial charge is 0.130 e. The van der Waals surface area contributed by atoms with Crippen LogP contribution in [0.2, 0.25) is 0 Å². The summed E-state index contributed by atoms with van der Waals surface area (Å²) >= 11 is 1.49. The third kappa shape index (κ3) is 2.63. The van der Waals surface area contributed by atoms with Crippen LogP contribution in [0.25, 0.3) is 0 Å². The molecule has 2 aromatic rings. The van der Waals surface area contributed by atoms with Crippen LogP contribution in [0.5, 0.6) is 0 Å². The van der Waals surface area contributed by atoms with Crippen molar-refractivity contribution in [2.45, 2.75) is 31.7 Å². The Morgan fingerprint density at radius 3 is 3.05 bits per heavy atom. The first kappa shape index (κ1) is 13.0. The molecule has 6 heteroatoms. The van der Waals surface area contributed by atoms with Crippen LogP contribution in [0.1, 0.15) is 35.6 Å². The van der Waals surface area contributed by atoms with Gasteiger partial charge in [-0.05, 0) is 25.2 Å². The van der Waals surface area contributed by atoms with Crippen molar-refractivity contribution in [3.8, 4) is 6.07 Å². The van der Waals surface area contributed by atoms with E-state index in [4.69, 9.17) is 11.0 Å². The lowest BCUT2D eigenvalue weighted by Gasteiger charge is -2.07. The van der Waals surface area contributed by atoms with Crippen LogP contribution in [0.4, 0.5) is 10.7 Å². The molecule has 0 aliphatic heterocycles. The van der Waals surface area contributed by atoms with Crippen LogP contribution >= 0.6 is 11.3 Å². The second-order valence-electron chi connectivity index (χ2n) is 5.05. The third-order valence-electron chi connectivity index (χ3n) is 3.51. The number of hydrogen-bond acceptors (Lipinski definition) is 5. The molecule has 104 valence electrons. The zero-order valence-corrected chi connectivity index (χ0v) is 12.0. The molecule has 5 nitrogen and oxygen atoms in total. The number of imidazole rings is 1. The lowest BCUT2D eigenvalue weighted by molar-refractivity contribution is 0.661. The van der Waals surface area contributed by atoms with E-state index in [-0.39, 0.29) is 0 Å². The molecule has 0 atom stereocenters. The summed E-state index contributed by atoms with van der Waals surface area (Å²) in [4.78, 5) is 4.67. The van der Waals surface area contributed by atoms with Gasteiger partial charge in [0.1, 0.15) is 10.9 Å². The maximum atomic E-state index is 9.10. The monoisotopic (exact) mass is 287 g/mol. The molecule has 0 saturated heterocycles. The van der Waals surface area contributed by atoms with Crippen molar-refractivity contribution in [2.75, 3.05) is 17.6 Å². The zero-order valence-electron chi connectivity index (χ0n) is 11.2. The Bertz CT molecular complexity index is 619. The molecule has 3 N–H and O–H groups in total. The number of nitriles is 1. The van der Waals surface area contributed by atoms with E-state index < -0.39 is 0 Å². The van der Waals surface area contributed by atoms with Crippen molar-refractivity contribution in [3.05, 3.63) is 29.2 Å². The number of nitrogen functional groups attached to an aromatic ring is 1. The van der Waals surface area contributed by atoms with Crippen LogP contribution in [0, 0.1) is 11.3 Å². The second kappa shape index (κ2) is 5.55. The highest BCUT2D eigenvalue weighted by Crippen LogP contribution is 2.50. The molecular formula is C14H17N5S. The van der Waals surface area contributed by atoms with Gasteiger partial charge in [0.2, 0.25) is 0 Å². The number of anilines is 2. The average Bonchev–Trinajstić information content (AvgIpc) is 3.04. The van der Waals surface area contributed by atoms with Crippen molar-refractivity contribution in [2.24, 2.45) is 0 Å². The van der Waals surface area contributed by atoms with E-state index >= 15 is 0 Å². The lowest BCUT2D eigenvalue weighted by atomic mass is 10.1. The van der Waals surface area contributed by atoms with Gasteiger partial charge < -0.3 is 15.6 Å². The quantitative estimate of drug-likeness (QED) is 0.801. The molecule has 0 radical (unpaired) electrons. The van der Waals surface area contributed by atoms with Gasteiger partial charge in [0.05, 0.1) is 17.0 Å². The van der Waals surface area contributed by atoms with E-state index in [1.54, 1.807) is 6.20 Å². The van der Waals surface area contributed by atoms with E-state index in [0.717, 1.165) is 24.5 Å². The number of thiophene rings is 1. The van der Waals surface area contributed by atoms with Gasteiger partial charge in [-0.1, -0.05) is 0 Å². The van der Waals surface area contributed by atoms with E-state index in [1.807, 2.05) is 12.5 Å². The van der Waals surface area contributed by atoms with Crippen molar-refractivity contribution in [3.63, 3.8) is 0 Å². The van der Waals surface area contributed by atoms with Crippen LogP contribution in [0.15, 0.2) is 18.7 Å². The Labute approximate surface area is 122 Å². The molecule has 0 spiro atoms. The molecule has 1 saturated carbocycles. The van der Waals surface area contributed by atoms with Gasteiger partial charge in [0.15, 0.2) is 0 Å². The zero-order chi connectivity index (χ0) is 13.9. The maximum absolute atomic E-state index is 9.10. The fourth-order valence-electron chi connectivity index (χ4n) is 2.33. The third-order valence-corrected chi connectivity index (χ3v) is 4.59. The van der Waals surface area contributed by atoms with Crippen LogP contribution in [-0.4, -0.2) is 16.1 Å². The Kier molecular flexibility index (Phi) is 3.61. The minimum absolute atomic E-state index is 0.560. The molecule has 0 amide bonds. The van der Waals surface area contributed by atoms with Gasteiger partial charge in [-0.2, -0.15) is 5.26 Å². The topological polar surface area (TPSA) is 79.7 Å². The number of aryl methyl sites for hydroxylation is 1. The van der Waals surface area contributed by atoms with Gasteiger partial charge >= 0.3 is 0 Å². The first-order valence-corrected chi connectivity index (χ1v) is 7.63. The van der Waals surface area contributed by atoms with E-state index in [1.165, 1.54) is 29.7 Å². The summed E-state index contributed by atoms with van der Waals surface area (Å²) in [6.45, 7) is 1.82. The van der Waals surface area contributed by atoms with Gasteiger partial charge in [-0.3, -0.25) is 0 Å². The Balaban J connectivity index is 1.61. The fraction of sp³-hybridized carbons (Fsp3) is 0.429. The summed E-state index contributed by atoms with van der Waals surface area (Å²) in [6, 6.07) is 2.19. The number of hydrogen-bond donors (Lipinski definition) is 2. The molecular weight excluding hydrogens is 270 g/mol. The molecule has 20 heavy (non-hydrogen) atoms. The minimum Gasteiger partial charge on any atom is -0.397 e. The highest BCUT2D eigenvalue weighted by molar-refractivity contribution is 7.17. The predicted molar refractivity (Wildman–Crippen MR) is 80.8 cm³/mol. The first-order chi connectivity index (χ1) is 9.79. The van der Waals surface area contributed by atoms with E-state index in [9.17, 15) is 0 Å². The Hall–Kier alpha value is -2.00. The molecule has 2 aromatic heterocycles. The second-order valence-corrected chi connectivity index (χ2v) is 6.08. The summed E-state index contributed by atoms with van der Waals surface area (Å²) in [5.74, 6) is 0.560. The van der Waals surface area contributed by atoms with Crippen molar-refractivity contribution >= 4 is 22.0 Å². The summed E-state index contributed by atoms with van der Waals surface area (Å²) in [5.41, 5.74) is 7.94. The number of nitrogens with one attached hydrogen (secondary N) is 1. The SMILES string of the molecule is N#Cc1sc(NCCCn2ccnc2)c(C2CC2)c1N. The molecule has 0 unspecified atom stereocenters. The maximum Gasteiger partial charge on any atom is 0.130 e. The molecule has 1 aliphatic carbocycles. The Morgan fingerprint density at radius 1 is 1.55 bits per heavy atom.